The number of carbonyl (C=O) groups excluding carboxylic acids is 2. The van der Waals surface area contributed by atoms with E-state index in [-0.39, 0.29) is 18.0 Å². The van der Waals surface area contributed by atoms with Gasteiger partial charge < -0.3 is 21.7 Å². The van der Waals surface area contributed by atoms with Gasteiger partial charge in [-0.15, -0.1) is 0 Å². The Morgan fingerprint density at radius 1 is 1.31 bits per heavy atom. The van der Waals surface area contributed by atoms with Crippen molar-refractivity contribution in [1.82, 2.24) is 15.6 Å². The fourth-order valence-corrected chi connectivity index (χ4v) is 3.48. The zero-order valence-corrected chi connectivity index (χ0v) is 19.3. The average Bonchev–Trinajstić information content (AvgIpc) is 3.56. The molecule has 1 aliphatic carbocycles. The molecule has 0 aliphatic heterocycles. The Morgan fingerprint density at radius 2 is 2.09 bits per heavy atom. The Balaban J connectivity index is 1.55. The molecule has 1 aliphatic rings. The average molecular weight is 497 g/mol. The topological polar surface area (TPSA) is 121 Å². The predicted octanol–water partition coefficient (Wildman–Crippen LogP) is 3.22. The molecule has 0 radical (unpaired) electrons. The van der Waals surface area contributed by atoms with Gasteiger partial charge in [-0.3, -0.25) is 19.6 Å². The molecular formula is C23H25BrN6O2. The first-order chi connectivity index (χ1) is 15.4. The number of hydrogen-bond donors (Lipinski definition) is 4. The van der Waals surface area contributed by atoms with E-state index in [4.69, 9.17) is 5.73 Å². The van der Waals surface area contributed by atoms with Crippen molar-refractivity contribution < 1.29 is 9.59 Å². The molecule has 0 saturated heterocycles. The maximum atomic E-state index is 12.7. The van der Waals surface area contributed by atoms with Gasteiger partial charge in [0.25, 0.3) is 5.91 Å². The lowest BCUT2D eigenvalue weighted by atomic mass is 10.2. The van der Waals surface area contributed by atoms with Crippen molar-refractivity contribution in [2.45, 2.75) is 31.8 Å². The fraction of sp³-hybridized carbons (Fsp3) is 0.217. The molecule has 8 nitrogen and oxygen atoms in total. The van der Waals surface area contributed by atoms with Crippen LogP contribution in [0, 0.1) is 6.92 Å². The lowest BCUT2D eigenvalue weighted by Crippen LogP contribution is -2.49. The van der Waals surface area contributed by atoms with Crippen LogP contribution >= 0.6 is 15.9 Å². The van der Waals surface area contributed by atoms with Gasteiger partial charge in [-0.05, 0) is 55.7 Å². The van der Waals surface area contributed by atoms with Crippen molar-refractivity contribution in [2.24, 2.45) is 10.7 Å². The first kappa shape index (κ1) is 23.2. The molecule has 0 atom stereocenters. The summed E-state index contributed by atoms with van der Waals surface area (Å²) in [6.45, 7) is 5.73. The first-order valence-electron chi connectivity index (χ1n) is 10.0. The lowest BCUT2D eigenvalue weighted by Gasteiger charge is -2.17. The molecule has 1 aromatic heterocycles. The number of hydrogen-bond acceptors (Lipinski definition) is 6. The normalized spacial score (nSPS) is 14.6. The van der Waals surface area contributed by atoms with Crippen molar-refractivity contribution in [3.63, 3.8) is 0 Å². The molecule has 1 fully saturated rings. The Kier molecular flexibility index (Phi) is 7.42. The molecule has 1 heterocycles. The van der Waals surface area contributed by atoms with Gasteiger partial charge in [-0.25, -0.2) is 0 Å². The van der Waals surface area contributed by atoms with E-state index in [2.05, 4.69) is 48.4 Å². The standard InChI is InChI=1S/C23H25BrN6O2/c1-3-26-12-16(11-25)21(31)30-23(8-9-23)22(32)28-13-18-5-6-19(14-27-18)29-20-7-4-17(24)10-15(20)2/h3-7,10-12,14,29H,1,8-9,13,25H2,2H3,(H,28,32)(H,30,31)/b16-11+,26-12?. The number of aryl methyl sites for hydroxylation is 1. The first-order valence-corrected chi connectivity index (χ1v) is 10.8. The summed E-state index contributed by atoms with van der Waals surface area (Å²) in [4.78, 5) is 33.2. The third-order valence-electron chi connectivity index (χ3n) is 5.02. The molecule has 0 bridgehead atoms. The van der Waals surface area contributed by atoms with Crippen LogP contribution in [0.3, 0.4) is 0 Å². The Labute approximate surface area is 195 Å². The molecule has 9 heteroatoms. The summed E-state index contributed by atoms with van der Waals surface area (Å²) in [5.41, 5.74) is 8.37. The van der Waals surface area contributed by atoms with Crippen molar-refractivity contribution >= 4 is 45.3 Å². The number of carbonyl (C=O) groups is 2. The van der Waals surface area contributed by atoms with E-state index in [1.165, 1.54) is 12.4 Å². The van der Waals surface area contributed by atoms with Crippen LogP contribution in [0.15, 0.2) is 70.5 Å². The van der Waals surface area contributed by atoms with E-state index < -0.39 is 11.4 Å². The minimum Gasteiger partial charge on any atom is -0.404 e. The van der Waals surface area contributed by atoms with Gasteiger partial charge in [-0.2, -0.15) is 0 Å². The maximum absolute atomic E-state index is 12.7. The summed E-state index contributed by atoms with van der Waals surface area (Å²) >= 11 is 3.46. The molecule has 0 unspecified atom stereocenters. The third-order valence-corrected chi connectivity index (χ3v) is 5.51. The molecule has 166 valence electrons. The van der Waals surface area contributed by atoms with Crippen LogP contribution in [0.1, 0.15) is 24.1 Å². The summed E-state index contributed by atoms with van der Waals surface area (Å²) in [6, 6.07) is 9.74. The smallest absolute Gasteiger partial charge is 0.255 e. The summed E-state index contributed by atoms with van der Waals surface area (Å²) in [6.07, 6.45) is 6.57. The highest BCUT2D eigenvalue weighted by Gasteiger charge is 2.51. The number of nitrogens with one attached hydrogen (secondary N) is 3. The molecule has 5 N–H and O–H groups in total. The van der Waals surface area contributed by atoms with Gasteiger partial charge in [0.05, 0.1) is 29.7 Å². The highest BCUT2D eigenvalue weighted by molar-refractivity contribution is 9.10. The van der Waals surface area contributed by atoms with Crippen molar-refractivity contribution in [2.75, 3.05) is 5.32 Å². The second-order valence-electron chi connectivity index (χ2n) is 7.42. The number of anilines is 2. The number of pyridine rings is 1. The van der Waals surface area contributed by atoms with Gasteiger partial charge in [0, 0.05) is 28.8 Å². The second-order valence-corrected chi connectivity index (χ2v) is 8.34. The summed E-state index contributed by atoms with van der Waals surface area (Å²) < 4.78 is 1.02. The number of aromatic nitrogens is 1. The summed E-state index contributed by atoms with van der Waals surface area (Å²) in [7, 11) is 0. The van der Waals surface area contributed by atoms with Crippen molar-refractivity contribution in [1.29, 1.82) is 0 Å². The Bertz CT molecular complexity index is 1070. The molecule has 2 amide bonds. The van der Waals surface area contributed by atoms with Gasteiger partial charge in [0.1, 0.15) is 5.54 Å². The predicted molar refractivity (Wildman–Crippen MR) is 129 cm³/mol. The van der Waals surface area contributed by atoms with Gasteiger partial charge >= 0.3 is 0 Å². The van der Waals surface area contributed by atoms with Crippen LogP contribution in [0.2, 0.25) is 0 Å². The minimum atomic E-state index is -0.923. The Hall–Kier alpha value is -3.46. The minimum absolute atomic E-state index is 0.162. The zero-order valence-electron chi connectivity index (χ0n) is 17.7. The third kappa shape index (κ3) is 5.82. The van der Waals surface area contributed by atoms with Crippen LogP contribution in [-0.4, -0.2) is 28.6 Å². The number of nitrogens with zero attached hydrogens (tertiary/aromatic N) is 2. The van der Waals surface area contributed by atoms with Crippen LogP contribution in [0.4, 0.5) is 11.4 Å². The molecular weight excluding hydrogens is 472 g/mol. The van der Waals surface area contributed by atoms with E-state index >= 15 is 0 Å². The molecule has 3 rings (SSSR count). The van der Waals surface area contributed by atoms with E-state index in [9.17, 15) is 9.59 Å². The number of amides is 2. The van der Waals surface area contributed by atoms with E-state index in [1.54, 1.807) is 6.20 Å². The number of benzene rings is 1. The SMILES string of the molecule is C=CN=C/C(=C\N)C(=O)NC1(C(=O)NCc2ccc(Nc3ccc(Br)cc3C)cn2)CC1. The van der Waals surface area contributed by atoms with E-state index in [0.29, 0.717) is 18.5 Å². The number of halogens is 1. The number of rotatable bonds is 9. The highest BCUT2D eigenvalue weighted by atomic mass is 79.9. The molecule has 2 aromatic rings. The van der Waals surface area contributed by atoms with Gasteiger partial charge in [0.2, 0.25) is 5.91 Å². The lowest BCUT2D eigenvalue weighted by molar-refractivity contribution is -0.128. The molecule has 1 aromatic carbocycles. The fourth-order valence-electron chi connectivity index (χ4n) is 3.00. The van der Waals surface area contributed by atoms with Crippen molar-refractivity contribution in [3.05, 3.63) is 76.8 Å². The highest BCUT2D eigenvalue weighted by Crippen LogP contribution is 2.36. The Morgan fingerprint density at radius 3 is 2.69 bits per heavy atom. The summed E-state index contributed by atoms with van der Waals surface area (Å²) in [5.74, 6) is -0.708. The second kappa shape index (κ2) is 10.2. The maximum Gasteiger partial charge on any atom is 0.255 e. The van der Waals surface area contributed by atoms with Gasteiger partial charge in [-0.1, -0.05) is 22.5 Å². The molecule has 0 spiro atoms. The monoisotopic (exact) mass is 496 g/mol. The van der Waals surface area contributed by atoms with Crippen LogP contribution < -0.4 is 21.7 Å². The molecule has 1 saturated carbocycles. The van der Waals surface area contributed by atoms with Crippen LogP contribution in [-0.2, 0) is 16.1 Å². The van der Waals surface area contributed by atoms with Crippen molar-refractivity contribution in [3.8, 4) is 0 Å². The summed E-state index contributed by atoms with van der Waals surface area (Å²) in [5, 5.41) is 8.93. The van der Waals surface area contributed by atoms with Gasteiger partial charge in [0.15, 0.2) is 0 Å². The van der Waals surface area contributed by atoms with Crippen LogP contribution in [0.25, 0.3) is 0 Å². The molecule has 32 heavy (non-hydrogen) atoms. The zero-order chi connectivity index (χ0) is 23.1. The van der Waals surface area contributed by atoms with Crippen LogP contribution in [0.5, 0.6) is 0 Å². The number of aliphatic imine (C=N–C) groups is 1. The van der Waals surface area contributed by atoms with E-state index in [0.717, 1.165) is 27.6 Å². The van der Waals surface area contributed by atoms with E-state index in [1.807, 2.05) is 37.3 Å². The quantitative estimate of drug-likeness (QED) is 0.313. The number of nitrogens with two attached hydrogens (primary N) is 1. The largest absolute Gasteiger partial charge is 0.404 e.